The average Bonchev–Trinajstić information content (AvgIpc) is 2.33. The van der Waals surface area contributed by atoms with Crippen LogP contribution in [0.25, 0.3) is 0 Å². The van der Waals surface area contributed by atoms with Crippen molar-refractivity contribution in [2.24, 2.45) is 0 Å². The Morgan fingerprint density at radius 1 is 1.00 bits per heavy atom. The Morgan fingerprint density at radius 2 is 1.74 bits per heavy atom. The van der Waals surface area contributed by atoms with E-state index in [-0.39, 0.29) is 11.3 Å². The second kappa shape index (κ2) is 5.53. The molecule has 5 heteroatoms. The summed E-state index contributed by atoms with van der Waals surface area (Å²) in [6.45, 7) is 1.65. The first-order valence-electron chi connectivity index (χ1n) is 5.64. The predicted molar refractivity (Wildman–Crippen MR) is 69.8 cm³/mol. The highest BCUT2D eigenvalue weighted by Gasteiger charge is 2.13. The normalized spacial score (nSPS) is 12.3. The predicted octanol–water partition coefficient (Wildman–Crippen LogP) is 4.93. The first-order valence-corrected chi connectivity index (χ1v) is 6.01. The molecule has 2 rings (SSSR count). The zero-order valence-corrected chi connectivity index (χ0v) is 10.8. The molecule has 0 saturated heterocycles. The molecule has 0 saturated carbocycles. The topological polar surface area (TPSA) is 12.0 Å². The second-order valence-electron chi connectivity index (χ2n) is 4.16. The summed E-state index contributed by atoms with van der Waals surface area (Å²) >= 11 is 5.77. The van der Waals surface area contributed by atoms with E-state index in [0.29, 0.717) is 5.02 Å². The fourth-order valence-electron chi connectivity index (χ4n) is 1.77. The maximum Gasteiger partial charge on any atom is 0.146 e. The Hall–Kier alpha value is -1.68. The maximum atomic E-state index is 13.6. The number of anilines is 1. The van der Waals surface area contributed by atoms with Crippen LogP contribution in [0.4, 0.5) is 18.9 Å². The number of hydrogen-bond donors (Lipinski definition) is 1. The van der Waals surface area contributed by atoms with Gasteiger partial charge in [-0.15, -0.1) is 0 Å². The van der Waals surface area contributed by atoms with Crippen molar-refractivity contribution >= 4 is 17.3 Å². The highest BCUT2D eigenvalue weighted by atomic mass is 35.5. The Bertz CT molecular complexity index is 601. The van der Waals surface area contributed by atoms with Gasteiger partial charge in [-0.2, -0.15) is 0 Å². The van der Waals surface area contributed by atoms with Crippen LogP contribution >= 0.6 is 11.6 Å². The van der Waals surface area contributed by atoms with Gasteiger partial charge in [0.1, 0.15) is 17.5 Å². The molecule has 2 aromatic carbocycles. The molecule has 19 heavy (non-hydrogen) atoms. The summed E-state index contributed by atoms with van der Waals surface area (Å²) in [5.74, 6) is -1.82. The van der Waals surface area contributed by atoms with E-state index in [9.17, 15) is 13.2 Å². The van der Waals surface area contributed by atoms with Gasteiger partial charge >= 0.3 is 0 Å². The molecule has 0 bridgehead atoms. The Morgan fingerprint density at radius 3 is 2.42 bits per heavy atom. The Balaban J connectivity index is 2.25. The van der Waals surface area contributed by atoms with Crippen LogP contribution in [0, 0.1) is 17.5 Å². The summed E-state index contributed by atoms with van der Waals surface area (Å²) in [7, 11) is 0. The first kappa shape index (κ1) is 13.7. The van der Waals surface area contributed by atoms with Crippen molar-refractivity contribution in [1.82, 2.24) is 0 Å². The first-order chi connectivity index (χ1) is 8.97. The van der Waals surface area contributed by atoms with Crippen molar-refractivity contribution in [2.75, 3.05) is 5.32 Å². The highest BCUT2D eigenvalue weighted by molar-refractivity contribution is 6.30. The molecular formula is C14H11ClF3N. The van der Waals surface area contributed by atoms with Gasteiger partial charge in [-0.3, -0.25) is 0 Å². The molecule has 2 aromatic rings. The molecule has 100 valence electrons. The van der Waals surface area contributed by atoms with E-state index in [1.54, 1.807) is 6.92 Å². The molecule has 0 aliphatic carbocycles. The molecule has 0 radical (unpaired) electrons. The number of rotatable bonds is 3. The third kappa shape index (κ3) is 3.20. The summed E-state index contributed by atoms with van der Waals surface area (Å²) in [6, 6.07) is 6.81. The summed E-state index contributed by atoms with van der Waals surface area (Å²) in [4.78, 5) is 0. The molecule has 1 N–H and O–H groups in total. The molecular weight excluding hydrogens is 275 g/mol. The molecule has 1 atom stereocenters. The number of benzene rings is 2. The van der Waals surface area contributed by atoms with E-state index in [1.807, 2.05) is 0 Å². The van der Waals surface area contributed by atoms with Crippen LogP contribution in [-0.2, 0) is 0 Å². The van der Waals surface area contributed by atoms with Crippen LogP contribution in [-0.4, -0.2) is 0 Å². The van der Waals surface area contributed by atoms with Gasteiger partial charge in [0, 0.05) is 16.7 Å². The summed E-state index contributed by atoms with van der Waals surface area (Å²) in [6.07, 6.45) is 0. The van der Waals surface area contributed by atoms with E-state index in [1.165, 1.54) is 24.3 Å². The summed E-state index contributed by atoms with van der Waals surface area (Å²) in [5, 5.41) is 3.18. The summed E-state index contributed by atoms with van der Waals surface area (Å²) < 4.78 is 39.9. The molecule has 0 aliphatic heterocycles. The highest BCUT2D eigenvalue weighted by Crippen LogP contribution is 2.26. The lowest BCUT2D eigenvalue weighted by molar-refractivity contribution is 0.565. The van der Waals surface area contributed by atoms with E-state index in [0.717, 1.165) is 12.1 Å². The minimum atomic E-state index is -0.678. The monoisotopic (exact) mass is 285 g/mol. The van der Waals surface area contributed by atoms with Crippen molar-refractivity contribution in [2.45, 2.75) is 13.0 Å². The molecule has 0 amide bonds. The lowest BCUT2D eigenvalue weighted by atomic mass is 10.1. The minimum Gasteiger partial charge on any atom is -0.376 e. The molecule has 0 heterocycles. The fourth-order valence-corrected chi connectivity index (χ4v) is 1.94. The van der Waals surface area contributed by atoms with Gasteiger partial charge in [-0.25, -0.2) is 13.2 Å². The molecule has 1 nitrogen and oxygen atoms in total. The minimum absolute atomic E-state index is 0.170. The van der Waals surface area contributed by atoms with Gasteiger partial charge in [-0.1, -0.05) is 17.7 Å². The van der Waals surface area contributed by atoms with Crippen molar-refractivity contribution in [3.05, 3.63) is 64.4 Å². The van der Waals surface area contributed by atoms with Gasteiger partial charge in [0.05, 0.1) is 11.7 Å². The quantitative estimate of drug-likeness (QED) is 0.843. The molecule has 0 spiro atoms. The molecule has 0 fully saturated rings. The lowest BCUT2D eigenvalue weighted by Crippen LogP contribution is -2.10. The third-order valence-corrected chi connectivity index (χ3v) is 2.96. The van der Waals surface area contributed by atoms with Crippen LogP contribution in [0.5, 0.6) is 0 Å². The van der Waals surface area contributed by atoms with Crippen molar-refractivity contribution in [3.8, 4) is 0 Å². The fraction of sp³-hybridized carbons (Fsp3) is 0.143. The largest absolute Gasteiger partial charge is 0.376 e. The van der Waals surface area contributed by atoms with Crippen LogP contribution < -0.4 is 5.32 Å². The van der Waals surface area contributed by atoms with Gasteiger partial charge in [-0.05, 0) is 31.2 Å². The number of hydrogen-bond acceptors (Lipinski definition) is 1. The summed E-state index contributed by atoms with van der Waals surface area (Å²) in [5.41, 5.74) is 0.421. The molecule has 1 unspecified atom stereocenters. The second-order valence-corrected chi connectivity index (χ2v) is 4.59. The van der Waals surface area contributed by atoms with Gasteiger partial charge < -0.3 is 5.32 Å². The van der Waals surface area contributed by atoms with Gasteiger partial charge in [0.25, 0.3) is 0 Å². The third-order valence-electron chi connectivity index (χ3n) is 2.73. The lowest BCUT2D eigenvalue weighted by Gasteiger charge is -2.17. The zero-order valence-electron chi connectivity index (χ0n) is 10.1. The van der Waals surface area contributed by atoms with Gasteiger partial charge in [0.2, 0.25) is 0 Å². The van der Waals surface area contributed by atoms with E-state index >= 15 is 0 Å². The standard InChI is InChI=1S/C14H11ClF3N/c1-8(11-4-3-10(16)7-13(11)18)19-14-6-9(15)2-5-12(14)17/h2-8,19H,1H3. The molecule has 0 aromatic heterocycles. The van der Waals surface area contributed by atoms with Crippen LogP contribution in [0.2, 0.25) is 5.02 Å². The SMILES string of the molecule is CC(Nc1cc(Cl)ccc1F)c1ccc(F)cc1F. The van der Waals surface area contributed by atoms with E-state index in [2.05, 4.69) is 5.32 Å². The maximum absolute atomic E-state index is 13.6. The number of nitrogens with one attached hydrogen (secondary N) is 1. The molecule has 0 aliphatic rings. The average molecular weight is 286 g/mol. The van der Waals surface area contributed by atoms with Crippen LogP contribution in [0.1, 0.15) is 18.5 Å². The van der Waals surface area contributed by atoms with Crippen LogP contribution in [0.15, 0.2) is 36.4 Å². The Kier molecular flexibility index (Phi) is 4.00. The van der Waals surface area contributed by atoms with Crippen molar-refractivity contribution < 1.29 is 13.2 Å². The smallest absolute Gasteiger partial charge is 0.146 e. The van der Waals surface area contributed by atoms with E-state index in [4.69, 9.17) is 11.6 Å². The Labute approximate surface area is 114 Å². The zero-order chi connectivity index (χ0) is 14.0. The van der Waals surface area contributed by atoms with Crippen molar-refractivity contribution in [3.63, 3.8) is 0 Å². The van der Waals surface area contributed by atoms with Crippen LogP contribution in [0.3, 0.4) is 0 Å². The van der Waals surface area contributed by atoms with E-state index < -0.39 is 23.5 Å². The number of halogens is 4. The van der Waals surface area contributed by atoms with Gasteiger partial charge in [0.15, 0.2) is 0 Å². The van der Waals surface area contributed by atoms with Crippen molar-refractivity contribution in [1.29, 1.82) is 0 Å².